The van der Waals surface area contributed by atoms with Crippen LogP contribution in [0.2, 0.25) is 0 Å². The molecule has 0 nitrogen and oxygen atoms in total. The maximum atomic E-state index is 3.64. The van der Waals surface area contributed by atoms with Gasteiger partial charge in [-0.15, -0.1) is 6.58 Å². The van der Waals surface area contributed by atoms with Gasteiger partial charge >= 0.3 is 0 Å². The Morgan fingerprint density at radius 2 is 2.25 bits per heavy atom. The van der Waals surface area contributed by atoms with E-state index in [1.54, 1.807) is 0 Å². The second kappa shape index (κ2) is 5.23. The highest BCUT2D eigenvalue weighted by atomic mass is 32.2. The maximum absolute atomic E-state index is 3.64. The second-order valence-corrected chi connectivity index (χ2v) is 3.29. The lowest BCUT2D eigenvalue weighted by molar-refractivity contribution is 0.751. The first-order valence-electron chi connectivity index (χ1n) is 2.96. The van der Waals surface area contributed by atoms with E-state index in [0.29, 0.717) is 0 Å². The molecule has 48 valence electrons. The normalized spacial score (nSPS) is 9.88. The fraction of sp³-hybridized carbons (Fsp3) is 0.714. The summed E-state index contributed by atoms with van der Waals surface area (Å²) in [6.07, 6.45) is 1.95. The van der Waals surface area contributed by atoms with E-state index in [0.717, 1.165) is 11.7 Å². The second-order valence-electron chi connectivity index (χ2n) is 2.22. The van der Waals surface area contributed by atoms with Crippen molar-refractivity contribution in [3.8, 4) is 0 Å². The zero-order valence-electron chi connectivity index (χ0n) is 5.68. The average molecular weight is 130 g/mol. The summed E-state index contributed by atoms with van der Waals surface area (Å²) in [5.74, 6) is 3.17. The summed E-state index contributed by atoms with van der Waals surface area (Å²) < 4.78 is 0. The summed E-state index contributed by atoms with van der Waals surface area (Å²) in [6, 6.07) is 0. The topological polar surface area (TPSA) is 0 Å². The van der Waals surface area contributed by atoms with Crippen LogP contribution in [0.25, 0.3) is 0 Å². The Morgan fingerprint density at radius 3 is 2.62 bits per heavy atom. The van der Waals surface area contributed by atoms with E-state index in [4.69, 9.17) is 0 Å². The molecular weight excluding hydrogens is 116 g/mol. The van der Waals surface area contributed by atoms with Crippen molar-refractivity contribution in [1.82, 2.24) is 0 Å². The predicted octanol–water partition coefficient (Wildman–Crippen LogP) is 2.56. The molecule has 0 saturated heterocycles. The maximum Gasteiger partial charge on any atom is 0.0110 e. The minimum atomic E-state index is 0.819. The van der Waals surface area contributed by atoms with Gasteiger partial charge in [-0.05, 0) is 11.7 Å². The van der Waals surface area contributed by atoms with Crippen LogP contribution in [0.4, 0.5) is 0 Å². The largest absolute Gasteiger partial charge is 0.158 e. The molecule has 0 aromatic heterocycles. The summed E-state index contributed by atoms with van der Waals surface area (Å²) in [4.78, 5) is 0. The van der Waals surface area contributed by atoms with Gasteiger partial charge in [0, 0.05) is 5.75 Å². The van der Waals surface area contributed by atoms with Gasteiger partial charge in [0.15, 0.2) is 0 Å². The highest BCUT2D eigenvalue weighted by Gasteiger charge is 1.89. The highest BCUT2D eigenvalue weighted by Crippen LogP contribution is 2.06. The van der Waals surface area contributed by atoms with Crippen molar-refractivity contribution < 1.29 is 0 Å². The smallest absolute Gasteiger partial charge is 0.0110 e. The van der Waals surface area contributed by atoms with Gasteiger partial charge in [0.2, 0.25) is 0 Å². The van der Waals surface area contributed by atoms with Gasteiger partial charge in [-0.25, -0.2) is 0 Å². The van der Waals surface area contributed by atoms with Gasteiger partial charge < -0.3 is 0 Å². The highest BCUT2D eigenvalue weighted by molar-refractivity contribution is 7.99. The molecule has 0 atom stereocenters. The molecule has 0 saturated carbocycles. The van der Waals surface area contributed by atoms with Crippen LogP contribution >= 0.6 is 11.8 Å². The van der Waals surface area contributed by atoms with E-state index in [2.05, 4.69) is 20.4 Å². The number of thioether (sulfide) groups is 1. The Hall–Kier alpha value is 0.0900. The molecule has 0 fully saturated rings. The van der Waals surface area contributed by atoms with Gasteiger partial charge in [0.05, 0.1) is 0 Å². The molecule has 1 heteroatoms. The first-order valence-corrected chi connectivity index (χ1v) is 4.11. The summed E-state index contributed by atoms with van der Waals surface area (Å²) in [7, 11) is 0. The van der Waals surface area contributed by atoms with Crippen LogP contribution < -0.4 is 0 Å². The van der Waals surface area contributed by atoms with Gasteiger partial charge in [0.1, 0.15) is 0 Å². The molecule has 0 radical (unpaired) electrons. The Morgan fingerprint density at radius 1 is 1.62 bits per heavy atom. The van der Waals surface area contributed by atoms with Crippen molar-refractivity contribution in [2.24, 2.45) is 5.92 Å². The molecule has 8 heavy (non-hydrogen) atoms. The number of hydrogen-bond donors (Lipinski definition) is 0. The van der Waals surface area contributed by atoms with Crippen LogP contribution in [0.3, 0.4) is 0 Å². The zero-order chi connectivity index (χ0) is 6.41. The van der Waals surface area contributed by atoms with Crippen molar-refractivity contribution in [3.05, 3.63) is 12.7 Å². The predicted molar refractivity (Wildman–Crippen MR) is 42.4 cm³/mol. The average Bonchev–Trinajstić information content (AvgIpc) is 1.66. The Kier molecular flexibility index (Phi) is 5.29. The molecule has 0 bridgehead atoms. The third-order valence-corrected chi connectivity index (χ3v) is 2.06. The quantitative estimate of drug-likeness (QED) is 0.416. The number of hydrogen-bond acceptors (Lipinski definition) is 1. The summed E-state index contributed by atoms with van der Waals surface area (Å²) in [5.41, 5.74) is 0. The molecule has 0 amide bonds. The van der Waals surface area contributed by atoms with E-state index >= 15 is 0 Å². The Balaban J connectivity index is 2.81. The molecule has 0 unspecified atom stereocenters. The van der Waals surface area contributed by atoms with Crippen molar-refractivity contribution in [3.63, 3.8) is 0 Å². The third kappa shape index (κ3) is 6.09. The van der Waals surface area contributed by atoms with Crippen molar-refractivity contribution >= 4 is 11.8 Å². The molecule has 0 heterocycles. The summed E-state index contributed by atoms with van der Waals surface area (Å²) >= 11 is 1.94. The zero-order valence-corrected chi connectivity index (χ0v) is 6.50. The van der Waals surface area contributed by atoms with Crippen LogP contribution in [0.15, 0.2) is 12.7 Å². The summed E-state index contributed by atoms with van der Waals surface area (Å²) in [5, 5.41) is 0. The summed E-state index contributed by atoms with van der Waals surface area (Å²) in [6.45, 7) is 8.10. The van der Waals surface area contributed by atoms with E-state index in [9.17, 15) is 0 Å². The molecule has 0 aliphatic heterocycles. The minimum Gasteiger partial charge on any atom is -0.158 e. The third-order valence-electron chi connectivity index (χ3n) is 0.687. The molecule has 0 aliphatic carbocycles. The van der Waals surface area contributed by atoms with Crippen LogP contribution in [0, 0.1) is 5.92 Å². The van der Waals surface area contributed by atoms with E-state index < -0.39 is 0 Å². The lowest BCUT2D eigenvalue weighted by Crippen LogP contribution is -1.89. The van der Waals surface area contributed by atoms with E-state index in [1.165, 1.54) is 5.75 Å². The van der Waals surface area contributed by atoms with E-state index in [1.807, 2.05) is 17.8 Å². The first-order chi connectivity index (χ1) is 3.77. The first kappa shape index (κ1) is 8.09. The lowest BCUT2D eigenvalue weighted by atomic mass is 10.3. The van der Waals surface area contributed by atoms with Crippen LogP contribution in [0.5, 0.6) is 0 Å². The van der Waals surface area contributed by atoms with Gasteiger partial charge in [-0.1, -0.05) is 19.9 Å². The standard InChI is InChI=1S/C7H14S/c1-4-5-8-6-7(2)3/h4,7H,1,5-6H2,2-3H3. The SMILES string of the molecule is C=CCSCC(C)C. The number of rotatable bonds is 4. The fourth-order valence-corrected chi connectivity index (χ4v) is 1.16. The molecule has 0 N–H and O–H groups in total. The fourth-order valence-electron chi connectivity index (χ4n) is 0.387. The Bertz CT molecular complexity index is 57.4. The minimum absolute atomic E-state index is 0.819. The molecule has 0 rings (SSSR count). The lowest BCUT2D eigenvalue weighted by Gasteiger charge is -1.99. The monoisotopic (exact) mass is 130 g/mol. The molecule has 0 aromatic carbocycles. The Labute approximate surface area is 56.4 Å². The van der Waals surface area contributed by atoms with E-state index in [-0.39, 0.29) is 0 Å². The molecular formula is C7H14S. The van der Waals surface area contributed by atoms with Crippen LogP contribution in [0.1, 0.15) is 13.8 Å². The van der Waals surface area contributed by atoms with Gasteiger partial charge in [-0.3, -0.25) is 0 Å². The van der Waals surface area contributed by atoms with Crippen molar-refractivity contribution in [2.75, 3.05) is 11.5 Å². The molecule has 0 spiro atoms. The van der Waals surface area contributed by atoms with Crippen molar-refractivity contribution in [1.29, 1.82) is 0 Å². The molecule has 0 aliphatic rings. The van der Waals surface area contributed by atoms with Crippen LogP contribution in [-0.2, 0) is 0 Å². The molecule has 0 aromatic rings. The van der Waals surface area contributed by atoms with Gasteiger partial charge in [0.25, 0.3) is 0 Å². The van der Waals surface area contributed by atoms with Crippen molar-refractivity contribution in [2.45, 2.75) is 13.8 Å². The van der Waals surface area contributed by atoms with Crippen LogP contribution in [-0.4, -0.2) is 11.5 Å². The van der Waals surface area contributed by atoms with Gasteiger partial charge in [-0.2, -0.15) is 11.8 Å².